The highest BCUT2D eigenvalue weighted by molar-refractivity contribution is 6.37. The highest BCUT2D eigenvalue weighted by atomic mass is 15.1. The van der Waals surface area contributed by atoms with Crippen molar-refractivity contribution in [2.45, 2.75) is 0 Å². The number of hydrogen-bond acceptors (Lipinski definition) is 8. The molecule has 9 aromatic rings. The Bertz CT molecular complexity index is 3820. The summed E-state index contributed by atoms with van der Waals surface area (Å²) in [5, 5.41) is 11.0. The SMILES string of the molecule is c1ccc2cc3c(cc2c1)C1=NC3=NC2=NC(=NC3=NC(=NC4=NC(=N1)c1cc5ccccc5cc14)c1cc4cc5ccccc5cc4cc13)c1cc3ccccc3cc12. The fraction of sp³-hybridized carbons (Fsp3) is 0. The summed E-state index contributed by atoms with van der Waals surface area (Å²) in [7, 11) is 0. The Hall–Kier alpha value is -8.36. The molecule has 0 unspecified atom stereocenters. The van der Waals surface area contributed by atoms with Crippen LogP contribution in [0.15, 0.2) is 198 Å². The predicted molar refractivity (Wildman–Crippen MR) is 246 cm³/mol. The standard InChI is InChI=1S/C52H26N8/c1-2-10-28-18-36-26-44-43(25-35(36)17-27(28)9-1)51-58-49-41-23-33-15-7-5-13-31(33)21-39(41)47(56-49)54-45-37-19-29-11-3-4-12-30(29)20-38(37)46(53-45)55-48-40-22-32-14-6-8-16-34(32)24-42(40)50(57-48)59-52(44)60-51/h1-26H. The van der Waals surface area contributed by atoms with Crippen LogP contribution in [-0.2, 0) is 0 Å². The van der Waals surface area contributed by atoms with Crippen molar-refractivity contribution in [1.82, 2.24) is 0 Å². The molecule has 8 bridgehead atoms. The Morgan fingerprint density at radius 3 is 0.500 bits per heavy atom. The summed E-state index contributed by atoms with van der Waals surface area (Å²) in [6.07, 6.45) is 0. The number of aliphatic imine (C=N–C) groups is 8. The molecule has 14 rings (SSSR count). The lowest BCUT2D eigenvalue weighted by Crippen LogP contribution is -2.03. The van der Waals surface area contributed by atoms with Crippen LogP contribution in [0, 0.1) is 0 Å². The molecule has 0 aliphatic carbocycles. The molecular weight excluding hydrogens is 737 g/mol. The molecule has 5 aliphatic heterocycles. The van der Waals surface area contributed by atoms with E-state index in [2.05, 4.69) is 121 Å². The normalized spacial score (nSPS) is 15.8. The third-order valence-corrected chi connectivity index (χ3v) is 12.1. The summed E-state index contributed by atoms with van der Waals surface area (Å²) in [6, 6.07) is 55.1. The average Bonchev–Trinajstić information content (AvgIpc) is 4.00. The fourth-order valence-electron chi connectivity index (χ4n) is 9.16. The van der Waals surface area contributed by atoms with Crippen molar-refractivity contribution >= 4 is 101 Å². The third kappa shape index (κ3) is 4.61. The van der Waals surface area contributed by atoms with Crippen molar-refractivity contribution < 1.29 is 0 Å². The first kappa shape index (κ1) is 31.7. The summed E-state index contributed by atoms with van der Waals surface area (Å²) >= 11 is 0. The molecular formula is C52H26N8. The zero-order chi connectivity index (χ0) is 39.1. The highest BCUT2D eigenvalue weighted by Gasteiger charge is 2.32. The van der Waals surface area contributed by atoms with Gasteiger partial charge in [0.25, 0.3) is 0 Å². The van der Waals surface area contributed by atoms with Gasteiger partial charge in [-0.1, -0.05) is 97.1 Å². The van der Waals surface area contributed by atoms with Crippen molar-refractivity contribution in [3.05, 3.63) is 202 Å². The van der Waals surface area contributed by atoms with Gasteiger partial charge in [-0.05, 0) is 115 Å². The second-order valence-corrected chi connectivity index (χ2v) is 15.7. The molecule has 9 aromatic carbocycles. The van der Waals surface area contributed by atoms with E-state index in [-0.39, 0.29) is 0 Å². The first-order valence-corrected chi connectivity index (χ1v) is 19.9. The van der Waals surface area contributed by atoms with Crippen molar-refractivity contribution in [2.75, 3.05) is 0 Å². The van der Waals surface area contributed by atoms with E-state index >= 15 is 0 Å². The number of fused-ring (bicyclic) bond motifs is 21. The van der Waals surface area contributed by atoms with Gasteiger partial charge in [-0.3, -0.25) is 0 Å². The van der Waals surface area contributed by atoms with E-state index in [4.69, 9.17) is 39.9 Å². The topological polar surface area (TPSA) is 98.9 Å². The Morgan fingerprint density at radius 1 is 0.167 bits per heavy atom. The number of hydrogen-bond donors (Lipinski definition) is 0. The molecule has 5 heterocycles. The molecule has 274 valence electrons. The van der Waals surface area contributed by atoms with Crippen LogP contribution in [0.5, 0.6) is 0 Å². The van der Waals surface area contributed by atoms with Crippen molar-refractivity contribution in [2.24, 2.45) is 39.9 Å². The molecule has 5 aliphatic rings. The molecule has 60 heavy (non-hydrogen) atoms. The average molecular weight is 763 g/mol. The van der Waals surface area contributed by atoms with Crippen LogP contribution >= 0.6 is 0 Å². The monoisotopic (exact) mass is 762 g/mol. The molecule has 8 heteroatoms. The maximum absolute atomic E-state index is 5.31. The van der Waals surface area contributed by atoms with Gasteiger partial charge in [0.2, 0.25) is 0 Å². The first-order valence-electron chi connectivity index (χ1n) is 19.9. The molecule has 0 spiro atoms. The van der Waals surface area contributed by atoms with Crippen LogP contribution in [0.2, 0.25) is 0 Å². The van der Waals surface area contributed by atoms with E-state index in [1.165, 1.54) is 10.8 Å². The zero-order valence-electron chi connectivity index (χ0n) is 31.6. The van der Waals surface area contributed by atoms with E-state index in [0.29, 0.717) is 46.7 Å². The maximum Gasteiger partial charge on any atom is 0.164 e. The van der Waals surface area contributed by atoms with E-state index in [0.717, 1.165) is 87.6 Å². The van der Waals surface area contributed by atoms with Crippen LogP contribution < -0.4 is 0 Å². The molecule has 0 radical (unpaired) electrons. The lowest BCUT2D eigenvalue weighted by atomic mass is 9.98. The summed E-state index contributed by atoms with van der Waals surface area (Å²) in [6.45, 7) is 0. The quantitative estimate of drug-likeness (QED) is 0.137. The van der Waals surface area contributed by atoms with Crippen molar-refractivity contribution in [3.63, 3.8) is 0 Å². The number of benzene rings is 9. The van der Waals surface area contributed by atoms with Crippen LogP contribution in [0.25, 0.3) is 53.9 Å². The van der Waals surface area contributed by atoms with E-state index < -0.39 is 0 Å². The molecule has 0 amide bonds. The van der Waals surface area contributed by atoms with Crippen molar-refractivity contribution in [3.8, 4) is 0 Å². The number of rotatable bonds is 0. The minimum atomic E-state index is 0.530. The van der Waals surface area contributed by atoms with Gasteiger partial charge in [0, 0.05) is 44.5 Å². The largest absolute Gasteiger partial charge is 0.208 e. The van der Waals surface area contributed by atoms with Crippen molar-refractivity contribution in [1.29, 1.82) is 0 Å². The van der Waals surface area contributed by atoms with Crippen LogP contribution in [0.4, 0.5) is 0 Å². The molecule has 0 N–H and O–H groups in total. The Labute approximate surface area is 341 Å². The van der Waals surface area contributed by atoms with Gasteiger partial charge < -0.3 is 0 Å². The van der Waals surface area contributed by atoms with Gasteiger partial charge in [-0.15, -0.1) is 0 Å². The third-order valence-electron chi connectivity index (χ3n) is 12.1. The molecule has 0 aromatic heterocycles. The van der Waals surface area contributed by atoms with Crippen LogP contribution in [-0.4, -0.2) is 46.7 Å². The lowest BCUT2D eigenvalue weighted by Gasteiger charge is -2.07. The minimum absolute atomic E-state index is 0.530. The fourth-order valence-corrected chi connectivity index (χ4v) is 9.16. The Morgan fingerprint density at radius 2 is 0.317 bits per heavy atom. The second-order valence-electron chi connectivity index (χ2n) is 15.7. The van der Waals surface area contributed by atoms with E-state index in [9.17, 15) is 0 Å². The van der Waals surface area contributed by atoms with Gasteiger partial charge in [-0.2, -0.15) is 0 Å². The molecule has 0 saturated heterocycles. The predicted octanol–water partition coefficient (Wildman–Crippen LogP) is 10.6. The zero-order valence-corrected chi connectivity index (χ0v) is 31.6. The Balaban J connectivity index is 1.08. The van der Waals surface area contributed by atoms with Gasteiger partial charge in [0.15, 0.2) is 46.7 Å². The summed E-state index contributed by atoms with van der Waals surface area (Å²) in [5.74, 6) is 4.25. The van der Waals surface area contributed by atoms with Crippen LogP contribution in [0.1, 0.15) is 44.5 Å². The summed E-state index contributed by atoms with van der Waals surface area (Å²) < 4.78 is 0. The first-order chi connectivity index (χ1) is 29.6. The summed E-state index contributed by atoms with van der Waals surface area (Å²) in [4.78, 5) is 41.9. The van der Waals surface area contributed by atoms with Gasteiger partial charge in [0.1, 0.15) is 0 Å². The second kappa shape index (κ2) is 11.6. The highest BCUT2D eigenvalue weighted by Crippen LogP contribution is 2.35. The minimum Gasteiger partial charge on any atom is -0.208 e. The molecule has 0 atom stereocenters. The smallest absolute Gasteiger partial charge is 0.164 e. The lowest BCUT2D eigenvalue weighted by molar-refractivity contribution is 1.49. The van der Waals surface area contributed by atoms with E-state index in [1.807, 2.05) is 36.4 Å². The molecule has 0 saturated carbocycles. The van der Waals surface area contributed by atoms with Gasteiger partial charge in [0.05, 0.1) is 0 Å². The van der Waals surface area contributed by atoms with Gasteiger partial charge in [-0.25, -0.2) is 39.9 Å². The molecule has 0 fully saturated rings. The van der Waals surface area contributed by atoms with Gasteiger partial charge >= 0.3 is 0 Å². The maximum atomic E-state index is 5.31. The van der Waals surface area contributed by atoms with Crippen LogP contribution in [0.3, 0.4) is 0 Å². The summed E-state index contributed by atoms with van der Waals surface area (Å²) in [5.41, 5.74) is 7.03. The van der Waals surface area contributed by atoms with E-state index in [1.54, 1.807) is 0 Å². The number of amidine groups is 8. The number of nitrogens with zero attached hydrogens (tertiary/aromatic N) is 8. The Kier molecular flexibility index (Phi) is 6.14. The molecule has 8 nitrogen and oxygen atoms in total.